The lowest BCUT2D eigenvalue weighted by atomic mass is 9.95. The molecule has 2 aliphatic rings. The molecule has 3 aromatic rings. The van der Waals surface area contributed by atoms with Crippen LogP contribution in [-0.4, -0.2) is 56.7 Å². The molecule has 0 unspecified atom stereocenters. The number of hydrogen-bond acceptors (Lipinski definition) is 11. The summed E-state index contributed by atoms with van der Waals surface area (Å²) in [5.41, 5.74) is 5.37. The second-order valence-corrected chi connectivity index (χ2v) is 11.5. The number of nitrogens with one attached hydrogen (secondary N) is 3. The fraction of sp³-hybridized carbons (Fsp3) is 0.281. The van der Waals surface area contributed by atoms with Gasteiger partial charge in [-0.2, -0.15) is 5.10 Å². The Morgan fingerprint density at radius 1 is 1.15 bits per heavy atom. The van der Waals surface area contributed by atoms with Crippen molar-refractivity contribution in [2.75, 3.05) is 27.1 Å². The Hall–Kier alpha value is -4.66. The number of ether oxygens (including phenoxy) is 6. The van der Waals surface area contributed by atoms with E-state index in [0.29, 0.717) is 61.7 Å². The van der Waals surface area contributed by atoms with Gasteiger partial charge in [0.05, 0.1) is 41.0 Å². The Bertz CT molecular complexity index is 1690. The number of allylic oxidation sites excluding steroid dienone is 1. The second-order valence-electron chi connectivity index (χ2n) is 10.2. The highest BCUT2D eigenvalue weighted by Crippen LogP contribution is 2.37. The summed E-state index contributed by atoms with van der Waals surface area (Å²) in [6.07, 6.45) is 0.313. The SMILES string of the molecule is CCOc1cc([C@@H]2NC(=O)NC(C)=C2C(=O)OC)ccc1OC[C@@H](O)N/N=C\c1cc(Cl)c(OCc2ccc3c(c2)OCO3)c(Br)c1. The van der Waals surface area contributed by atoms with Crippen LogP contribution in [0.3, 0.4) is 0 Å². The van der Waals surface area contributed by atoms with Gasteiger partial charge in [-0.1, -0.05) is 23.7 Å². The normalized spacial score (nSPS) is 16.0. The van der Waals surface area contributed by atoms with Gasteiger partial charge in [0.25, 0.3) is 0 Å². The molecule has 0 radical (unpaired) electrons. The van der Waals surface area contributed by atoms with E-state index in [0.717, 1.165) is 5.56 Å². The van der Waals surface area contributed by atoms with Crippen molar-refractivity contribution < 1.29 is 43.1 Å². The fourth-order valence-electron chi connectivity index (χ4n) is 4.80. The third-order valence-electron chi connectivity index (χ3n) is 6.95. The number of hydrogen-bond donors (Lipinski definition) is 4. The van der Waals surface area contributed by atoms with Gasteiger partial charge in [0.15, 0.2) is 35.0 Å². The number of urea groups is 1. The number of aliphatic hydroxyl groups excluding tert-OH is 1. The van der Waals surface area contributed by atoms with Crippen LogP contribution in [0.5, 0.6) is 28.7 Å². The molecule has 5 rings (SSSR count). The summed E-state index contributed by atoms with van der Waals surface area (Å²) < 4.78 is 33.8. The van der Waals surface area contributed by atoms with Crippen molar-refractivity contribution >= 4 is 45.7 Å². The van der Waals surface area contributed by atoms with Crippen molar-refractivity contribution in [3.63, 3.8) is 0 Å². The van der Waals surface area contributed by atoms with Crippen LogP contribution in [0.2, 0.25) is 5.02 Å². The average molecular weight is 732 g/mol. The predicted molar refractivity (Wildman–Crippen MR) is 175 cm³/mol. The van der Waals surface area contributed by atoms with E-state index in [1.165, 1.54) is 13.3 Å². The van der Waals surface area contributed by atoms with Gasteiger partial charge in [-0.25, -0.2) is 9.59 Å². The lowest BCUT2D eigenvalue weighted by molar-refractivity contribution is -0.136. The molecule has 0 saturated heterocycles. The number of methoxy groups -OCH3 is 1. The zero-order chi connectivity index (χ0) is 33.5. The molecule has 15 heteroatoms. The Kier molecular flexibility index (Phi) is 11.0. The van der Waals surface area contributed by atoms with Crippen LogP contribution in [0.1, 0.15) is 36.6 Å². The molecule has 47 heavy (non-hydrogen) atoms. The smallest absolute Gasteiger partial charge is 0.337 e. The number of carbonyl (C=O) groups is 2. The van der Waals surface area contributed by atoms with Crippen LogP contribution in [-0.2, 0) is 16.1 Å². The largest absolute Gasteiger partial charge is 0.490 e. The number of benzene rings is 3. The molecule has 2 heterocycles. The van der Waals surface area contributed by atoms with E-state index in [9.17, 15) is 14.7 Å². The molecule has 2 atom stereocenters. The average Bonchev–Trinajstić information content (AvgIpc) is 3.51. The van der Waals surface area contributed by atoms with E-state index in [1.807, 2.05) is 18.2 Å². The van der Waals surface area contributed by atoms with Crippen molar-refractivity contribution in [2.45, 2.75) is 32.7 Å². The number of amides is 2. The second kappa shape index (κ2) is 15.3. The monoisotopic (exact) mass is 730 g/mol. The predicted octanol–water partition coefficient (Wildman–Crippen LogP) is 4.93. The molecule has 0 aliphatic carbocycles. The number of fused-ring (bicyclic) bond motifs is 1. The first-order valence-corrected chi connectivity index (χ1v) is 15.6. The zero-order valence-electron chi connectivity index (χ0n) is 25.6. The van der Waals surface area contributed by atoms with E-state index in [4.69, 9.17) is 40.0 Å². The van der Waals surface area contributed by atoms with Crippen molar-refractivity contribution in [3.8, 4) is 28.7 Å². The fourth-order valence-corrected chi connectivity index (χ4v) is 5.79. The molecule has 3 aromatic carbocycles. The summed E-state index contributed by atoms with van der Waals surface area (Å²) in [5, 5.41) is 20.2. The van der Waals surface area contributed by atoms with Crippen molar-refractivity contribution in [1.29, 1.82) is 0 Å². The van der Waals surface area contributed by atoms with Gasteiger partial charge in [-0.3, -0.25) is 5.43 Å². The van der Waals surface area contributed by atoms with Crippen LogP contribution in [0.15, 0.2) is 69.4 Å². The summed E-state index contributed by atoms with van der Waals surface area (Å²) in [6, 6.07) is 12.8. The van der Waals surface area contributed by atoms with E-state index in [-0.39, 0.29) is 25.6 Å². The van der Waals surface area contributed by atoms with Crippen LogP contribution < -0.4 is 39.7 Å². The van der Waals surface area contributed by atoms with Gasteiger partial charge in [-0.15, -0.1) is 0 Å². The maximum absolute atomic E-state index is 12.5. The molecular weight excluding hydrogens is 700 g/mol. The Balaban J connectivity index is 1.18. The minimum atomic E-state index is -1.18. The molecule has 0 aromatic heterocycles. The van der Waals surface area contributed by atoms with Crippen LogP contribution in [0.25, 0.3) is 0 Å². The Labute approximate surface area is 283 Å². The van der Waals surface area contributed by atoms with Crippen LogP contribution in [0.4, 0.5) is 4.79 Å². The third kappa shape index (κ3) is 8.20. The Morgan fingerprint density at radius 3 is 2.72 bits per heavy atom. The summed E-state index contributed by atoms with van der Waals surface area (Å²) in [7, 11) is 1.27. The van der Waals surface area contributed by atoms with Gasteiger partial charge in [-0.05, 0) is 82.9 Å². The minimum absolute atomic E-state index is 0.176. The number of aliphatic hydroxyl groups is 1. The van der Waals surface area contributed by atoms with Gasteiger partial charge in [0.1, 0.15) is 13.2 Å². The standard InChI is InChI=1S/C32H32BrClN4O9/c1-4-43-26-12-20(29-28(31(40)42-3)17(2)36-32(41)37-29)6-8-23(26)44-15-27(39)38-35-13-19-9-21(33)30(22(34)10-19)45-14-18-5-7-24-25(11-18)47-16-46-24/h5-13,27,29,38-39H,4,14-16H2,1-3H3,(H2,36,37,41)/b35-13-/t27-,29+/m1/s1. The molecule has 0 spiro atoms. The molecule has 0 bridgehead atoms. The highest BCUT2D eigenvalue weighted by molar-refractivity contribution is 9.10. The summed E-state index contributed by atoms with van der Waals surface area (Å²) in [5.74, 6) is 1.95. The lowest BCUT2D eigenvalue weighted by Gasteiger charge is -2.28. The first-order valence-electron chi connectivity index (χ1n) is 14.4. The van der Waals surface area contributed by atoms with Crippen LogP contribution >= 0.6 is 27.5 Å². The van der Waals surface area contributed by atoms with Gasteiger partial charge < -0.3 is 44.2 Å². The number of esters is 1. The Morgan fingerprint density at radius 2 is 1.96 bits per heavy atom. The molecule has 2 aliphatic heterocycles. The quantitative estimate of drug-likeness (QED) is 0.0823. The highest BCUT2D eigenvalue weighted by Gasteiger charge is 2.32. The molecular formula is C32H32BrClN4O9. The van der Waals surface area contributed by atoms with E-state index < -0.39 is 24.3 Å². The zero-order valence-corrected chi connectivity index (χ0v) is 27.9. The third-order valence-corrected chi connectivity index (χ3v) is 7.82. The first-order chi connectivity index (χ1) is 22.7. The van der Waals surface area contributed by atoms with E-state index >= 15 is 0 Å². The van der Waals surface area contributed by atoms with Crippen molar-refractivity contribution in [2.24, 2.45) is 5.10 Å². The van der Waals surface area contributed by atoms with Crippen molar-refractivity contribution in [1.82, 2.24) is 16.1 Å². The molecule has 0 saturated carbocycles. The topological polar surface area (TPSA) is 158 Å². The van der Waals surface area contributed by atoms with Gasteiger partial charge in [0.2, 0.25) is 6.79 Å². The van der Waals surface area contributed by atoms with Crippen molar-refractivity contribution in [3.05, 3.63) is 86.0 Å². The number of rotatable bonds is 13. The maximum Gasteiger partial charge on any atom is 0.337 e. The number of hydrazone groups is 1. The van der Waals surface area contributed by atoms with Gasteiger partial charge in [0, 0.05) is 5.70 Å². The van der Waals surface area contributed by atoms with E-state index in [1.54, 1.807) is 44.2 Å². The van der Waals surface area contributed by atoms with Crippen LogP contribution in [0, 0.1) is 0 Å². The number of halogens is 2. The molecule has 0 fully saturated rings. The summed E-state index contributed by atoms with van der Waals surface area (Å²) in [4.78, 5) is 24.6. The number of nitrogens with zero attached hydrogens (tertiary/aromatic N) is 1. The van der Waals surface area contributed by atoms with E-state index in [2.05, 4.69) is 37.1 Å². The maximum atomic E-state index is 12.5. The molecule has 2 amide bonds. The highest BCUT2D eigenvalue weighted by atomic mass is 79.9. The lowest BCUT2D eigenvalue weighted by Crippen LogP contribution is -2.45. The van der Waals surface area contributed by atoms with Gasteiger partial charge >= 0.3 is 12.0 Å². The molecule has 13 nitrogen and oxygen atoms in total. The number of carbonyl (C=O) groups excluding carboxylic acids is 2. The summed E-state index contributed by atoms with van der Waals surface area (Å²) >= 11 is 9.98. The molecule has 4 N–H and O–H groups in total. The minimum Gasteiger partial charge on any atom is -0.490 e. The first kappa shape index (κ1) is 33.7. The molecule has 248 valence electrons. The summed E-state index contributed by atoms with van der Waals surface area (Å²) in [6.45, 7) is 4.04.